The van der Waals surface area contributed by atoms with E-state index in [-0.39, 0.29) is 19.0 Å². The number of alkyl halides is 1. The van der Waals surface area contributed by atoms with E-state index in [1.807, 2.05) is 11.8 Å². The molecule has 0 radical (unpaired) electrons. The molecule has 3 heterocycles. The first-order chi connectivity index (χ1) is 13.3. The number of pyridine rings is 1. The summed E-state index contributed by atoms with van der Waals surface area (Å²) < 4.78 is 43.4. The zero-order valence-electron chi connectivity index (χ0n) is 15.1. The minimum absolute atomic E-state index is 0.260. The molecular weight excluding hydrogens is 391 g/mol. The number of imidazole rings is 1. The third-order valence-corrected chi connectivity index (χ3v) is 5.36. The number of halogens is 4. The van der Waals surface area contributed by atoms with Crippen LogP contribution in [0.4, 0.5) is 19.1 Å². The van der Waals surface area contributed by atoms with Crippen molar-refractivity contribution >= 4 is 28.6 Å². The van der Waals surface area contributed by atoms with Crippen molar-refractivity contribution in [3.05, 3.63) is 52.8 Å². The molecule has 0 spiro atoms. The molecule has 2 aromatic heterocycles. The molecule has 1 aromatic carbocycles. The lowest BCUT2D eigenvalue weighted by atomic mass is 10.1. The number of piperidine rings is 1. The third kappa shape index (κ3) is 3.31. The van der Waals surface area contributed by atoms with Crippen LogP contribution in [0, 0.1) is 11.6 Å². The highest BCUT2D eigenvalue weighted by Crippen LogP contribution is 2.32. The molecule has 4 rings (SSSR count). The van der Waals surface area contributed by atoms with Gasteiger partial charge in [0.1, 0.15) is 6.17 Å². The summed E-state index contributed by atoms with van der Waals surface area (Å²) in [5, 5.41) is 0.496. The molecule has 0 aliphatic carbocycles. The molecule has 0 bridgehead atoms. The monoisotopic (exact) mass is 409 g/mol. The van der Waals surface area contributed by atoms with Crippen LogP contribution in [0.15, 0.2) is 30.5 Å². The predicted molar refractivity (Wildman–Crippen MR) is 102 cm³/mol. The first kappa shape index (κ1) is 19.0. The summed E-state index contributed by atoms with van der Waals surface area (Å²) in [6.07, 6.45) is 0.705. The number of hydrogen-bond acceptors (Lipinski definition) is 4. The Morgan fingerprint density at radius 2 is 2.00 bits per heavy atom. The highest BCUT2D eigenvalue weighted by Gasteiger charge is 2.31. The second kappa shape index (κ2) is 7.25. The van der Waals surface area contributed by atoms with Gasteiger partial charge in [0.15, 0.2) is 11.6 Å². The predicted octanol–water partition coefficient (Wildman–Crippen LogP) is 3.85. The molecule has 1 fully saturated rings. The zero-order valence-corrected chi connectivity index (χ0v) is 15.9. The zero-order chi connectivity index (χ0) is 20.0. The van der Waals surface area contributed by atoms with Crippen molar-refractivity contribution in [1.29, 1.82) is 0 Å². The Kier molecular flexibility index (Phi) is 4.93. The van der Waals surface area contributed by atoms with Gasteiger partial charge >= 0.3 is 0 Å². The van der Waals surface area contributed by atoms with E-state index in [1.165, 1.54) is 6.20 Å². The summed E-state index contributed by atoms with van der Waals surface area (Å²) in [6, 6.07) is 4.66. The van der Waals surface area contributed by atoms with Crippen LogP contribution in [-0.4, -0.2) is 39.8 Å². The van der Waals surface area contributed by atoms with Crippen molar-refractivity contribution in [2.24, 2.45) is 5.73 Å². The van der Waals surface area contributed by atoms with E-state index in [9.17, 15) is 13.2 Å². The van der Waals surface area contributed by atoms with Crippen molar-refractivity contribution in [3.8, 4) is 0 Å². The molecular formula is C19H19ClF3N5. The van der Waals surface area contributed by atoms with E-state index in [4.69, 9.17) is 17.3 Å². The van der Waals surface area contributed by atoms with Crippen LogP contribution < -0.4 is 10.6 Å². The van der Waals surface area contributed by atoms with Gasteiger partial charge < -0.3 is 15.2 Å². The molecule has 1 saturated heterocycles. The molecule has 3 atom stereocenters. The number of benzene rings is 1. The highest BCUT2D eigenvalue weighted by atomic mass is 35.5. The lowest BCUT2D eigenvalue weighted by Gasteiger charge is -2.34. The van der Waals surface area contributed by atoms with Crippen molar-refractivity contribution < 1.29 is 13.2 Å². The van der Waals surface area contributed by atoms with Gasteiger partial charge in [-0.1, -0.05) is 11.6 Å². The first-order valence-electron chi connectivity index (χ1n) is 8.98. The molecule has 1 aliphatic rings. The number of anilines is 1. The van der Waals surface area contributed by atoms with Gasteiger partial charge in [-0.25, -0.2) is 18.2 Å². The molecule has 2 unspecified atom stereocenters. The van der Waals surface area contributed by atoms with E-state index in [0.717, 1.165) is 12.1 Å². The summed E-state index contributed by atoms with van der Waals surface area (Å²) in [4.78, 5) is 10.7. The fourth-order valence-corrected chi connectivity index (χ4v) is 3.70. The Bertz CT molecular complexity index is 1010. The Hall–Kier alpha value is -2.32. The lowest BCUT2D eigenvalue weighted by molar-refractivity contribution is 0.243. The Balaban J connectivity index is 1.86. The Morgan fingerprint density at radius 3 is 2.68 bits per heavy atom. The smallest absolute Gasteiger partial charge is 0.207 e. The second-order valence-electron chi connectivity index (χ2n) is 7.03. The normalized spacial score (nSPS) is 21.3. The average Bonchev–Trinajstić information content (AvgIpc) is 3.02. The van der Waals surface area contributed by atoms with E-state index in [2.05, 4.69) is 9.97 Å². The minimum Gasteiger partial charge on any atom is -0.340 e. The molecule has 0 amide bonds. The van der Waals surface area contributed by atoms with Gasteiger partial charge in [-0.3, -0.25) is 4.98 Å². The summed E-state index contributed by atoms with van der Waals surface area (Å²) in [5.74, 6) is -1.46. The highest BCUT2D eigenvalue weighted by molar-refractivity contribution is 6.30. The van der Waals surface area contributed by atoms with Gasteiger partial charge in [0.2, 0.25) is 5.95 Å². The summed E-state index contributed by atoms with van der Waals surface area (Å²) in [5.41, 5.74) is 7.32. The van der Waals surface area contributed by atoms with Gasteiger partial charge in [0.05, 0.1) is 33.8 Å². The summed E-state index contributed by atoms with van der Waals surface area (Å²) in [6.45, 7) is 2.55. The maximum absolute atomic E-state index is 14.0. The second-order valence-corrected chi connectivity index (χ2v) is 7.47. The van der Waals surface area contributed by atoms with Gasteiger partial charge in [0.25, 0.3) is 0 Å². The molecule has 1 aliphatic heterocycles. The average molecular weight is 410 g/mol. The number of nitrogens with two attached hydrogens (primary N) is 1. The summed E-state index contributed by atoms with van der Waals surface area (Å²) >= 11 is 5.93. The molecule has 3 aromatic rings. The van der Waals surface area contributed by atoms with Crippen LogP contribution in [0.5, 0.6) is 0 Å². The largest absolute Gasteiger partial charge is 0.340 e. The van der Waals surface area contributed by atoms with Crippen molar-refractivity contribution in [1.82, 2.24) is 14.5 Å². The minimum atomic E-state index is -1.08. The summed E-state index contributed by atoms with van der Waals surface area (Å²) in [7, 11) is 0. The van der Waals surface area contributed by atoms with E-state index in [1.54, 1.807) is 16.7 Å². The lowest BCUT2D eigenvalue weighted by Crippen LogP contribution is -2.50. The molecule has 28 heavy (non-hydrogen) atoms. The van der Waals surface area contributed by atoms with E-state index < -0.39 is 23.8 Å². The standard InChI is InChI=1S/C19H19ClF3N5/c1-10(16-3-2-11(20)8-25-16)28-18-7-14(23)13(22)6-17(18)26-19(28)27-5-4-12(21)15(24)9-27/h2-3,6-8,10,12,15H,4-5,9,24H2,1H3/t10-,12?,15?/m0/s1. The van der Waals surface area contributed by atoms with Gasteiger partial charge in [-0.05, 0) is 25.5 Å². The first-order valence-corrected chi connectivity index (χ1v) is 9.36. The fraction of sp³-hybridized carbons (Fsp3) is 0.368. The van der Waals surface area contributed by atoms with Crippen LogP contribution in [0.25, 0.3) is 11.0 Å². The molecule has 0 saturated carbocycles. The van der Waals surface area contributed by atoms with Crippen LogP contribution in [0.1, 0.15) is 25.1 Å². The molecule has 5 nitrogen and oxygen atoms in total. The van der Waals surface area contributed by atoms with Crippen molar-refractivity contribution in [2.75, 3.05) is 18.0 Å². The SMILES string of the molecule is C[C@@H](c1ccc(Cl)cn1)n1c(N2CCC(F)C(N)C2)nc2cc(F)c(F)cc21. The topological polar surface area (TPSA) is 60.0 Å². The fourth-order valence-electron chi connectivity index (χ4n) is 3.58. The molecule has 9 heteroatoms. The molecule has 2 N–H and O–H groups in total. The number of fused-ring (bicyclic) bond motifs is 1. The van der Waals surface area contributed by atoms with Crippen molar-refractivity contribution in [2.45, 2.75) is 31.6 Å². The van der Waals surface area contributed by atoms with Gasteiger partial charge in [-0.2, -0.15) is 0 Å². The van der Waals surface area contributed by atoms with Crippen molar-refractivity contribution in [3.63, 3.8) is 0 Å². The number of nitrogens with zero attached hydrogens (tertiary/aromatic N) is 4. The third-order valence-electron chi connectivity index (χ3n) is 5.13. The maximum Gasteiger partial charge on any atom is 0.207 e. The quantitative estimate of drug-likeness (QED) is 0.713. The maximum atomic E-state index is 14.0. The van der Waals surface area contributed by atoms with Crippen LogP contribution in [0.3, 0.4) is 0 Å². The van der Waals surface area contributed by atoms with Crippen LogP contribution in [-0.2, 0) is 0 Å². The Morgan fingerprint density at radius 1 is 1.25 bits per heavy atom. The van der Waals surface area contributed by atoms with Gasteiger partial charge in [-0.15, -0.1) is 0 Å². The van der Waals surface area contributed by atoms with Crippen LogP contribution in [0.2, 0.25) is 5.02 Å². The number of rotatable bonds is 3. The number of aromatic nitrogens is 3. The van der Waals surface area contributed by atoms with E-state index in [0.29, 0.717) is 34.2 Å². The van der Waals surface area contributed by atoms with Gasteiger partial charge in [0, 0.05) is 31.4 Å². The van der Waals surface area contributed by atoms with E-state index >= 15 is 0 Å². The van der Waals surface area contributed by atoms with Crippen LogP contribution >= 0.6 is 11.6 Å². The number of hydrogen-bond donors (Lipinski definition) is 1. The molecule has 148 valence electrons. The Labute approximate surface area is 164 Å².